The molecule has 0 saturated carbocycles. The molecule has 0 aromatic heterocycles. The van der Waals surface area contributed by atoms with Gasteiger partial charge in [-0.1, -0.05) is 17.7 Å². The zero-order valence-electron chi connectivity index (χ0n) is 11.8. The highest BCUT2D eigenvalue weighted by Gasteiger charge is 2.16. The Labute approximate surface area is 130 Å². The van der Waals surface area contributed by atoms with Crippen LogP contribution in [0.25, 0.3) is 0 Å². The summed E-state index contributed by atoms with van der Waals surface area (Å²) in [4.78, 5) is 2.43. The second-order valence-corrected chi connectivity index (χ2v) is 6.98. The lowest BCUT2D eigenvalue weighted by molar-refractivity contribution is 0.114. The number of hydrogen-bond acceptors (Lipinski definition) is 4. The summed E-state index contributed by atoms with van der Waals surface area (Å²) in [7, 11) is -3.63. The normalized spacial score (nSPS) is 18.4. The predicted molar refractivity (Wildman–Crippen MR) is 84.2 cm³/mol. The largest absolute Gasteiger partial charge is 0.376 e. The molecule has 1 fully saturated rings. The molecule has 0 unspecified atom stereocenters. The molecule has 1 aliphatic rings. The fraction of sp³-hybridized carbons (Fsp3) is 0.462. The number of hydrogen-bond donors (Lipinski definition) is 3. The van der Waals surface area contributed by atoms with E-state index >= 15 is 0 Å². The summed E-state index contributed by atoms with van der Waals surface area (Å²) in [5, 5.41) is 3.15. The molecule has 1 heterocycles. The summed E-state index contributed by atoms with van der Waals surface area (Å²) in [5.41, 5.74) is 3.48. The maximum Gasteiger partial charge on any atom is 0.257 e. The lowest BCUT2D eigenvalue weighted by atomic mass is 10.2. The van der Waals surface area contributed by atoms with E-state index in [-0.39, 0.29) is 16.1 Å². The van der Waals surface area contributed by atoms with Gasteiger partial charge in [0, 0.05) is 13.2 Å². The average molecular weight is 329 g/mol. The SMILES string of the molecule is Cc1ccc(S(=O)(=O)NNC(=S)NC[C@H]2CCCO2)cc1. The van der Waals surface area contributed by atoms with Crippen LogP contribution in [0.15, 0.2) is 29.2 Å². The molecule has 1 aromatic carbocycles. The van der Waals surface area contributed by atoms with Gasteiger partial charge in [-0.15, -0.1) is 4.83 Å². The van der Waals surface area contributed by atoms with E-state index in [9.17, 15) is 8.42 Å². The van der Waals surface area contributed by atoms with Gasteiger partial charge in [0.25, 0.3) is 10.0 Å². The van der Waals surface area contributed by atoms with Gasteiger partial charge in [0.2, 0.25) is 0 Å². The van der Waals surface area contributed by atoms with Gasteiger partial charge in [-0.2, -0.15) is 0 Å². The van der Waals surface area contributed by atoms with Gasteiger partial charge in [0.05, 0.1) is 11.0 Å². The summed E-state index contributed by atoms with van der Waals surface area (Å²) >= 11 is 5.02. The standard InChI is InChI=1S/C13H19N3O3S2/c1-10-4-6-12(7-5-10)21(17,18)16-15-13(20)14-9-11-3-2-8-19-11/h4-7,11,16H,2-3,8-9H2,1H3,(H2,14,15,20)/t11-/m1/s1. The molecule has 1 aliphatic heterocycles. The van der Waals surface area contributed by atoms with Crippen molar-refractivity contribution in [1.29, 1.82) is 0 Å². The minimum atomic E-state index is -3.63. The van der Waals surface area contributed by atoms with Gasteiger partial charge in [-0.25, -0.2) is 8.42 Å². The topological polar surface area (TPSA) is 79.5 Å². The van der Waals surface area contributed by atoms with Crippen LogP contribution < -0.4 is 15.6 Å². The second kappa shape index (κ2) is 7.17. The first-order chi connectivity index (χ1) is 9.97. The summed E-state index contributed by atoms with van der Waals surface area (Å²) in [6, 6.07) is 6.56. The van der Waals surface area contributed by atoms with E-state index in [1.54, 1.807) is 24.3 Å². The molecule has 1 atom stereocenters. The first kappa shape index (κ1) is 16.2. The van der Waals surface area contributed by atoms with E-state index in [2.05, 4.69) is 15.6 Å². The number of ether oxygens (including phenoxy) is 1. The van der Waals surface area contributed by atoms with Gasteiger partial charge in [0.1, 0.15) is 0 Å². The fourth-order valence-electron chi connectivity index (χ4n) is 1.95. The Bertz CT molecular complexity index is 581. The summed E-state index contributed by atoms with van der Waals surface area (Å²) in [5.74, 6) is 0. The van der Waals surface area contributed by atoms with Crippen molar-refractivity contribution >= 4 is 27.4 Å². The quantitative estimate of drug-likeness (QED) is 0.549. The molecule has 1 saturated heterocycles. The second-order valence-electron chi connectivity index (χ2n) is 4.89. The van der Waals surface area contributed by atoms with Crippen molar-refractivity contribution in [3.05, 3.63) is 29.8 Å². The van der Waals surface area contributed by atoms with Crippen LogP contribution in [-0.4, -0.2) is 32.8 Å². The Morgan fingerprint density at radius 2 is 2.10 bits per heavy atom. The molecular weight excluding hydrogens is 310 g/mol. The third-order valence-corrected chi connectivity index (χ3v) is 4.65. The van der Waals surface area contributed by atoms with Gasteiger partial charge < -0.3 is 10.1 Å². The summed E-state index contributed by atoms with van der Waals surface area (Å²) in [6.45, 7) is 3.23. The smallest absolute Gasteiger partial charge is 0.257 e. The number of aryl methyl sites for hydroxylation is 1. The molecule has 6 nitrogen and oxygen atoms in total. The molecule has 21 heavy (non-hydrogen) atoms. The van der Waals surface area contributed by atoms with Crippen LogP contribution in [0, 0.1) is 6.92 Å². The van der Waals surface area contributed by atoms with Gasteiger partial charge in [-0.3, -0.25) is 5.43 Å². The van der Waals surface area contributed by atoms with Gasteiger partial charge >= 0.3 is 0 Å². The minimum Gasteiger partial charge on any atom is -0.376 e. The molecule has 0 amide bonds. The zero-order valence-corrected chi connectivity index (χ0v) is 13.4. The van der Waals surface area contributed by atoms with Gasteiger partial charge in [0.15, 0.2) is 5.11 Å². The third-order valence-electron chi connectivity index (χ3n) is 3.14. The van der Waals surface area contributed by atoms with Crippen LogP contribution in [0.4, 0.5) is 0 Å². The molecule has 0 radical (unpaired) electrons. The van der Waals surface area contributed by atoms with E-state index in [1.807, 2.05) is 6.92 Å². The lowest BCUT2D eigenvalue weighted by Gasteiger charge is -2.14. The van der Waals surface area contributed by atoms with Crippen molar-refractivity contribution in [2.75, 3.05) is 13.2 Å². The van der Waals surface area contributed by atoms with Crippen LogP contribution in [0.5, 0.6) is 0 Å². The van der Waals surface area contributed by atoms with Crippen LogP contribution in [-0.2, 0) is 14.8 Å². The number of rotatable bonds is 5. The van der Waals surface area contributed by atoms with Crippen molar-refractivity contribution in [1.82, 2.24) is 15.6 Å². The van der Waals surface area contributed by atoms with Crippen molar-refractivity contribution in [3.8, 4) is 0 Å². The highest BCUT2D eigenvalue weighted by atomic mass is 32.2. The molecular formula is C13H19N3O3S2. The van der Waals surface area contributed by atoms with E-state index in [4.69, 9.17) is 17.0 Å². The molecule has 2 rings (SSSR count). The molecule has 1 aromatic rings. The molecule has 3 N–H and O–H groups in total. The molecule has 0 bridgehead atoms. The minimum absolute atomic E-state index is 0.137. The molecule has 0 spiro atoms. The van der Waals surface area contributed by atoms with Crippen molar-refractivity contribution in [2.45, 2.75) is 30.8 Å². The Kier molecular flexibility index (Phi) is 5.51. The van der Waals surface area contributed by atoms with E-state index in [0.717, 1.165) is 25.0 Å². The molecule has 8 heteroatoms. The molecule has 116 valence electrons. The highest BCUT2D eigenvalue weighted by Crippen LogP contribution is 2.10. The third kappa shape index (κ3) is 4.92. The first-order valence-corrected chi connectivity index (χ1v) is 8.60. The average Bonchev–Trinajstić information content (AvgIpc) is 2.97. The van der Waals surface area contributed by atoms with Crippen LogP contribution >= 0.6 is 12.2 Å². The highest BCUT2D eigenvalue weighted by molar-refractivity contribution is 7.89. The maximum atomic E-state index is 12.0. The van der Waals surface area contributed by atoms with Crippen LogP contribution in [0.1, 0.15) is 18.4 Å². The lowest BCUT2D eigenvalue weighted by Crippen LogP contribution is -2.48. The molecule has 0 aliphatic carbocycles. The maximum absolute atomic E-state index is 12.0. The fourth-order valence-corrected chi connectivity index (χ4v) is 2.99. The first-order valence-electron chi connectivity index (χ1n) is 6.71. The Morgan fingerprint density at radius 3 is 2.71 bits per heavy atom. The number of nitrogens with one attached hydrogen (secondary N) is 3. The summed E-state index contributed by atoms with van der Waals surface area (Å²) < 4.78 is 29.5. The van der Waals surface area contributed by atoms with Crippen molar-refractivity contribution in [2.24, 2.45) is 0 Å². The number of thiocarbonyl (C=S) groups is 1. The zero-order chi connectivity index (χ0) is 15.3. The summed E-state index contributed by atoms with van der Waals surface area (Å²) in [6.07, 6.45) is 2.18. The Hall–Kier alpha value is -1.22. The number of sulfonamides is 1. The Morgan fingerprint density at radius 1 is 1.38 bits per heavy atom. The number of hydrazine groups is 1. The predicted octanol–water partition coefficient (Wildman–Crippen LogP) is 0.831. The van der Waals surface area contributed by atoms with E-state index in [0.29, 0.717) is 6.54 Å². The van der Waals surface area contributed by atoms with E-state index < -0.39 is 10.0 Å². The van der Waals surface area contributed by atoms with Crippen molar-refractivity contribution < 1.29 is 13.2 Å². The van der Waals surface area contributed by atoms with E-state index in [1.165, 1.54) is 0 Å². The van der Waals surface area contributed by atoms with Crippen LogP contribution in [0.2, 0.25) is 0 Å². The number of benzene rings is 1. The Balaban J connectivity index is 1.80. The van der Waals surface area contributed by atoms with Gasteiger partial charge in [-0.05, 0) is 44.1 Å². The monoisotopic (exact) mass is 329 g/mol. The van der Waals surface area contributed by atoms with Crippen LogP contribution in [0.3, 0.4) is 0 Å². The van der Waals surface area contributed by atoms with Crippen molar-refractivity contribution in [3.63, 3.8) is 0 Å².